The Morgan fingerprint density at radius 3 is 2.41 bits per heavy atom. The molecule has 5 nitrogen and oxygen atoms in total. The number of carbonyl (C=O) groups is 1. The zero-order valence-electron chi connectivity index (χ0n) is 15.3. The van der Waals surface area contributed by atoms with E-state index in [1.54, 1.807) is 6.07 Å². The number of methoxy groups -OCH3 is 1. The SMILES string of the molecule is COC(=O)[C@H](c1ccccc1Cl)N1CCN(Cc2ccc(C#N)cc2)CC1. The van der Waals surface area contributed by atoms with Crippen LogP contribution in [-0.4, -0.2) is 49.1 Å². The van der Waals surface area contributed by atoms with Crippen LogP contribution in [0.2, 0.25) is 5.02 Å². The molecule has 1 aliphatic rings. The molecule has 0 bridgehead atoms. The van der Waals surface area contributed by atoms with Crippen molar-refractivity contribution in [3.8, 4) is 6.07 Å². The number of benzene rings is 2. The monoisotopic (exact) mass is 383 g/mol. The molecule has 0 amide bonds. The predicted molar refractivity (Wildman–Crippen MR) is 104 cm³/mol. The molecule has 0 N–H and O–H groups in total. The maximum Gasteiger partial charge on any atom is 0.327 e. The van der Waals surface area contributed by atoms with Crippen LogP contribution in [-0.2, 0) is 16.1 Å². The fourth-order valence-electron chi connectivity index (χ4n) is 3.40. The van der Waals surface area contributed by atoms with Crippen LogP contribution in [0.3, 0.4) is 0 Å². The van der Waals surface area contributed by atoms with Gasteiger partial charge in [0.25, 0.3) is 0 Å². The summed E-state index contributed by atoms with van der Waals surface area (Å²) in [5.74, 6) is -0.288. The second-order valence-electron chi connectivity index (χ2n) is 6.57. The smallest absolute Gasteiger partial charge is 0.327 e. The molecule has 0 unspecified atom stereocenters. The lowest BCUT2D eigenvalue weighted by molar-refractivity contribution is -0.148. The summed E-state index contributed by atoms with van der Waals surface area (Å²) in [7, 11) is 1.41. The first-order valence-corrected chi connectivity index (χ1v) is 9.28. The van der Waals surface area contributed by atoms with E-state index in [1.165, 1.54) is 12.7 Å². The molecule has 0 radical (unpaired) electrons. The number of hydrogen-bond acceptors (Lipinski definition) is 5. The van der Waals surface area contributed by atoms with E-state index in [-0.39, 0.29) is 5.97 Å². The molecule has 0 aromatic heterocycles. The standard InChI is InChI=1S/C21H22ClN3O2/c1-27-21(26)20(18-4-2-3-5-19(18)22)25-12-10-24(11-13-25)15-17-8-6-16(14-23)7-9-17/h2-9,20H,10-13,15H2,1H3/t20-/m0/s1. The molecular weight excluding hydrogens is 362 g/mol. The molecule has 27 heavy (non-hydrogen) atoms. The Morgan fingerprint density at radius 1 is 1.15 bits per heavy atom. The zero-order chi connectivity index (χ0) is 19.2. The van der Waals surface area contributed by atoms with Gasteiger partial charge in [0.05, 0.1) is 18.7 Å². The molecule has 1 aliphatic heterocycles. The van der Waals surface area contributed by atoms with Gasteiger partial charge >= 0.3 is 5.97 Å². The normalized spacial score (nSPS) is 16.5. The zero-order valence-corrected chi connectivity index (χ0v) is 16.0. The van der Waals surface area contributed by atoms with Crippen LogP contribution in [0, 0.1) is 11.3 Å². The summed E-state index contributed by atoms with van der Waals surface area (Å²) in [5, 5.41) is 9.47. The summed E-state index contributed by atoms with van der Waals surface area (Å²) < 4.78 is 5.04. The first-order valence-electron chi connectivity index (χ1n) is 8.90. The molecule has 0 aliphatic carbocycles. The van der Waals surface area contributed by atoms with Crippen LogP contribution in [0.25, 0.3) is 0 Å². The largest absolute Gasteiger partial charge is 0.468 e. The summed E-state index contributed by atoms with van der Waals surface area (Å²) in [4.78, 5) is 16.9. The Kier molecular flexibility index (Phi) is 6.46. The lowest BCUT2D eigenvalue weighted by Crippen LogP contribution is -2.49. The number of ether oxygens (including phenoxy) is 1. The minimum Gasteiger partial charge on any atom is -0.468 e. The maximum absolute atomic E-state index is 12.4. The van der Waals surface area contributed by atoms with Crippen molar-refractivity contribution in [2.75, 3.05) is 33.3 Å². The van der Waals surface area contributed by atoms with Gasteiger partial charge in [0, 0.05) is 37.7 Å². The van der Waals surface area contributed by atoms with Gasteiger partial charge in [0.15, 0.2) is 0 Å². The van der Waals surface area contributed by atoms with Gasteiger partial charge in [0.2, 0.25) is 0 Å². The number of esters is 1. The molecule has 1 atom stereocenters. The van der Waals surface area contributed by atoms with Crippen LogP contribution in [0.4, 0.5) is 0 Å². The molecular formula is C21H22ClN3O2. The second kappa shape index (κ2) is 9.01. The minimum absolute atomic E-state index is 0.288. The molecule has 1 saturated heterocycles. The summed E-state index contributed by atoms with van der Waals surface area (Å²) >= 11 is 6.33. The average Bonchev–Trinajstić information content (AvgIpc) is 2.71. The fraction of sp³-hybridized carbons (Fsp3) is 0.333. The second-order valence-corrected chi connectivity index (χ2v) is 6.98. The first kappa shape index (κ1) is 19.4. The van der Waals surface area contributed by atoms with E-state index in [4.69, 9.17) is 21.6 Å². The van der Waals surface area contributed by atoms with Gasteiger partial charge < -0.3 is 4.74 Å². The molecule has 6 heteroatoms. The molecule has 1 heterocycles. The number of nitriles is 1. The van der Waals surface area contributed by atoms with Crippen molar-refractivity contribution in [2.24, 2.45) is 0 Å². The van der Waals surface area contributed by atoms with Gasteiger partial charge in [-0.3, -0.25) is 9.80 Å². The molecule has 140 valence electrons. The van der Waals surface area contributed by atoms with Gasteiger partial charge in [-0.05, 0) is 29.3 Å². The first-order chi connectivity index (χ1) is 13.1. The minimum atomic E-state index is -0.485. The van der Waals surface area contributed by atoms with Crippen LogP contribution < -0.4 is 0 Å². The third-order valence-electron chi connectivity index (χ3n) is 4.89. The Hall–Kier alpha value is -2.39. The van der Waals surface area contributed by atoms with Crippen molar-refractivity contribution in [3.05, 3.63) is 70.2 Å². The van der Waals surface area contributed by atoms with Crippen molar-refractivity contribution in [2.45, 2.75) is 12.6 Å². The van der Waals surface area contributed by atoms with Crippen LogP contribution in [0.1, 0.15) is 22.7 Å². The van der Waals surface area contributed by atoms with Crippen LogP contribution >= 0.6 is 11.6 Å². The number of carbonyl (C=O) groups excluding carboxylic acids is 1. The summed E-state index contributed by atoms with van der Waals surface area (Å²) in [6.07, 6.45) is 0. The third kappa shape index (κ3) is 4.67. The Labute approximate surface area is 164 Å². The van der Waals surface area contributed by atoms with Crippen molar-refractivity contribution < 1.29 is 9.53 Å². The van der Waals surface area contributed by atoms with Gasteiger partial charge in [-0.2, -0.15) is 5.26 Å². The van der Waals surface area contributed by atoms with E-state index in [1.807, 2.05) is 42.5 Å². The number of rotatable bonds is 5. The molecule has 2 aromatic carbocycles. The van der Waals surface area contributed by atoms with Crippen molar-refractivity contribution in [3.63, 3.8) is 0 Å². The van der Waals surface area contributed by atoms with Crippen molar-refractivity contribution in [1.82, 2.24) is 9.80 Å². The third-order valence-corrected chi connectivity index (χ3v) is 5.23. The molecule has 0 saturated carbocycles. The summed E-state index contributed by atoms with van der Waals surface area (Å²) in [6, 6.07) is 16.7. The van der Waals surface area contributed by atoms with E-state index in [2.05, 4.69) is 15.9 Å². The highest BCUT2D eigenvalue weighted by Gasteiger charge is 2.32. The van der Waals surface area contributed by atoms with E-state index in [9.17, 15) is 4.79 Å². The van der Waals surface area contributed by atoms with E-state index < -0.39 is 6.04 Å². The van der Waals surface area contributed by atoms with Gasteiger partial charge in [-0.15, -0.1) is 0 Å². The number of halogens is 1. The van der Waals surface area contributed by atoms with Crippen LogP contribution in [0.5, 0.6) is 0 Å². The average molecular weight is 384 g/mol. The number of hydrogen-bond donors (Lipinski definition) is 0. The molecule has 2 aromatic rings. The highest BCUT2D eigenvalue weighted by molar-refractivity contribution is 6.31. The van der Waals surface area contributed by atoms with Crippen molar-refractivity contribution >= 4 is 17.6 Å². The summed E-state index contributed by atoms with van der Waals surface area (Å²) in [5.41, 5.74) is 2.63. The van der Waals surface area contributed by atoms with Gasteiger partial charge in [-0.1, -0.05) is 41.9 Å². The fourth-order valence-corrected chi connectivity index (χ4v) is 3.64. The Morgan fingerprint density at radius 2 is 1.81 bits per heavy atom. The molecule has 1 fully saturated rings. The van der Waals surface area contributed by atoms with Gasteiger partial charge in [-0.25, -0.2) is 4.79 Å². The predicted octanol–water partition coefficient (Wildman–Crippen LogP) is 3.24. The van der Waals surface area contributed by atoms with Crippen molar-refractivity contribution in [1.29, 1.82) is 5.26 Å². The highest BCUT2D eigenvalue weighted by atomic mass is 35.5. The Balaban J connectivity index is 1.66. The van der Waals surface area contributed by atoms with E-state index in [0.29, 0.717) is 10.6 Å². The van der Waals surface area contributed by atoms with Gasteiger partial charge in [0.1, 0.15) is 6.04 Å². The summed E-state index contributed by atoms with van der Waals surface area (Å²) in [6.45, 7) is 4.02. The highest BCUT2D eigenvalue weighted by Crippen LogP contribution is 2.29. The lowest BCUT2D eigenvalue weighted by atomic mass is 10.0. The number of piperazine rings is 1. The lowest BCUT2D eigenvalue weighted by Gasteiger charge is -2.38. The topological polar surface area (TPSA) is 56.6 Å². The molecule has 3 rings (SSSR count). The van der Waals surface area contributed by atoms with Crippen LogP contribution in [0.15, 0.2) is 48.5 Å². The molecule has 0 spiro atoms. The Bertz CT molecular complexity index is 824. The quantitative estimate of drug-likeness (QED) is 0.742. The number of nitrogens with zero attached hydrogens (tertiary/aromatic N) is 3. The maximum atomic E-state index is 12.4. The van der Waals surface area contributed by atoms with E-state index in [0.717, 1.165) is 38.3 Å². The van der Waals surface area contributed by atoms with E-state index >= 15 is 0 Å².